The van der Waals surface area contributed by atoms with Crippen LogP contribution in [0.25, 0.3) is 0 Å². The molecule has 1 aliphatic heterocycles. The standard InChI is InChI=1S/C10H13NO/c1-7-3-2-4-8-5-6-9(12)11-10(7)8/h2-4,9,11-12H,5-6H2,1H3. The van der Waals surface area contributed by atoms with E-state index in [-0.39, 0.29) is 6.23 Å². The molecule has 0 fully saturated rings. The fourth-order valence-electron chi connectivity index (χ4n) is 1.67. The molecule has 2 nitrogen and oxygen atoms in total. The van der Waals surface area contributed by atoms with Gasteiger partial charge in [-0.05, 0) is 30.9 Å². The molecule has 2 rings (SSSR count). The second-order valence-electron chi connectivity index (χ2n) is 3.31. The van der Waals surface area contributed by atoms with Gasteiger partial charge in [0.1, 0.15) is 6.23 Å². The molecule has 1 heterocycles. The van der Waals surface area contributed by atoms with Crippen LogP contribution in [0.5, 0.6) is 0 Å². The first-order chi connectivity index (χ1) is 5.77. The van der Waals surface area contributed by atoms with Crippen molar-refractivity contribution in [3.8, 4) is 0 Å². The first kappa shape index (κ1) is 7.62. The Balaban J connectivity index is 2.43. The van der Waals surface area contributed by atoms with Crippen LogP contribution in [0.4, 0.5) is 5.69 Å². The third kappa shape index (κ3) is 1.18. The first-order valence-corrected chi connectivity index (χ1v) is 4.30. The minimum Gasteiger partial charge on any atom is -0.374 e. The molecule has 0 bridgehead atoms. The lowest BCUT2D eigenvalue weighted by atomic mass is 9.99. The number of aliphatic hydroxyl groups excluding tert-OH is 1. The van der Waals surface area contributed by atoms with Crippen LogP contribution in [0.1, 0.15) is 17.5 Å². The van der Waals surface area contributed by atoms with E-state index in [0.29, 0.717) is 0 Å². The zero-order valence-electron chi connectivity index (χ0n) is 7.17. The number of hydrogen-bond donors (Lipinski definition) is 2. The summed E-state index contributed by atoms with van der Waals surface area (Å²) in [5.41, 5.74) is 3.66. The highest BCUT2D eigenvalue weighted by molar-refractivity contribution is 5.58. The van der Waals surface area contributed by atoms with E-state index in [1.807, 2.05) is 0 Å². The molecule has 0 spiro atoms. The molecule has 64 valence electrons. The van der Waals surface area contributed by atoms with E-state index in [1.165, 1.54) is 11.1 Å². The molecule has 1 aromatic rings. The molecule has 0 saturated heterocycles. The van der Waals surface area contributed by atoms with Gasteiger partial charge in [-0.1, -0.05) is 18.2 Å². The van der Waals surface area contributed by atoms with Gasteiger partial charge >= 0.3 is 0 Å². The van der Waals surface area contributed by atoms with Crippen molar-refractivity contribution >= 4 is 5.69 Å². The molecule has 1 atom stereocenters. The average Bonchev–Trinajstić information content (AvgIpc) is 2.07. The summed E-state index contributed by atoms with van der Waals surface area (Å²) in [7, 11) is 0. The Kier molecular flexibility index (Phi) is 1.77. The van der Waals surface area contributed by atoms with Gasteiger partial charge in [0, 0.05) is 5.69 Å². The lowest BCUT2D eigenvalue weighted by Gasteiger charge is -2.24. The Labute approximate surface area is 72.2 Å². The number of fused-ring (bicyclic) bond motifs is 1. The molecule has 1 unspecified atom stereocenters. The van der Waals surface area contributed by atoms with E-state index in [1.54, 1.807) is 0 Å². The predicted octanol–water partition coefficient (Wildman–Crippen LogP) is 1.67. The van der Waals surface area contributed by atoms with E-state index in [9.17, 15) is 5.11 Å². The minimum absolute atomic E-state index is 0.362. The van der Waals surface area contributed by atoms with Gasteiger partial charge in [0.2, 0.25) is 0 Å². The van der Waals surface area contributed by atoms with Gasteiger partial charge in [-0.25, -0.2) is 0 Å². The monoisotopic (exact) mass is 163 g/mol. The molecule has 12 heavy (non-hydrogen) atoms. The Hall–Kier alpha value is -1.02. The molecular formula is C10H13NO. The van der Waals surface area contributed by atoms with Crippen molar-refractivity contribution in [2.75, 3.05) is 5.32 Å². The van der Waals surface area contributed by atoms with E-state index in [4.69, 9.17) is 0 Å². The topological polar surface area (TPSA) is 32.3 Å². The highest BCUT2D eigenvalue weighted by atomic mass is 16.3. The molecule has 1 aromatic carbocycles. The van der Waals surface area contributed by atoms with E-state index >= 15 is 0 Å². The summed E-state index contributed by atoms with van der Waals surface area (Å²) < 4.78 is 0. The van der Waals surface area contributed by atoms with Gasteiger partial charge in [-0.15, -0.1) is 0 Å². The fraction of sp³-hybridized carbons (Fsp3) is 0.400. The molecule has 0 radical (unpaired) electrons. The third-order valence-electron chi connectivity index (χ3n) is 2.36. The Morgan fingerprint density at radius 1 is 1.50 bits per heavy atom. The normalized spacial score (nSPS) is 21.3. The van der Waals surface area contributed by atoms with Crippen molar-refractivity contribution in [3.63, 3.8) is 0 Å². The van der Waals surface area contributed by atoms with Crippen molar-refractivity contribution < 1.29 is 5.11 Å². The van der Waals surface area contributed by atoms with Gasteiger partial charge in [0.25, 0.3) is 0 Å². The Bertz CT molecular complexity index is 296. The van der Waals surface area contributed by atoms with Gasteiger partial charge in [-0.2, -0.15) is 0 Å². The van der Waals surface area contributed by atoms with Crippen LogP contribution in [0, 0.1) is 6.92 Å². The van der Waals surface area contributed by atoms with Gasteiger partial charge in [0.15, 0.2) is 0 Å². The third-order valence-corrected chi connectivity index (χ3v) is 2.36. The van der Waals surface area contributed by atoms with Gasteiger partial charge in [-0.3, -0.25) is 0 Å². The quantitative estimate of drug-likeness (QED) is 0.609. The number of hydrogen-bond acceptors (Lipinski definition) is 2. The molecule has 0 amide bonds. The molecule has 0 aromatic heterocycles. The van der Waals surface area contributed by atoms with E-state index in [0.717, 1.165) is 18.5 Å². The maximum Gasteiger partial charge on any atom is 0.124 e. The number of nitrogens with one attached hydrogen (secondary N) is 1. The highest BCUT2D eigenvalue weighted by Gasteiger charge is 2.15. The van der Waals surface area contributed by atoms with Crippen molar-refractivity contribution in [3.05, 3.63) is 29.3 Å². The summed E-state index contributed by atoms with van der Waals surface area (Å²) in [4.78, 5) is 0. The second kappa shape index (κ2) is 2.79. The van der Waals surface area contributed by atoms with Crippen molar-refractivity contribution in [1.82, 2.24) is 0 Å². The maximum absolute atomic E-state index is 9.37. The van der Waals surface area contributed by atoms with Crippen LogP contribution >= 0.6 is 0 Å². The lowest BCUT2D eigenvalue weighted by molar-refractivity contribution is 0.189. The number of rotatable bonds is 0. The number of anilines is 1. The van der Waals surface area contributed by atoms with Crippen LogP contribution in [0.15, 0.2) is 18.2 Å². The smallest absolute Gasteiger partial charge is 0.124 e. The highest BCUT2D eigenvalue weighted by Crippen LogP contribution is 2.26. The number of aryl methyl sites for hydroxylation is 2. The molecule has 2 heteroatoms. The van der Waals surface area contributed by atoms with E-state index in [2.05, 4.69) is 30.4 Å². The van der Waals surface area contributed by atoms with Gasteiger partial charge < -0.3 is 10.4 Å². The average molecular weight is 163 g/mol. The number of benzene rings is 1. The van der Waals surface area contributed by atoms with Crippen LogP contribution < -0.4 is 5.32 Å². The second-order valence-corrected chi connectivity index (χ2v) is 3.31. The summed E-state index contributed by atoms with van der Waals surface area (Å²) in [6, 6.07) is 6.23. The van der Waals surface area contributed by atoms with Crippen molar-refractivity contribution in [1.29, 1.82) is 0 Å². The summed E-state index contributed by atoms with van der Waals surface area (Å²) >= 11 is 0. The fourth-order valence-corrected chi connectivity index (χ4v) is 1.67. The maximum atomic E-state index is 9.37. The summed E-state index contributed by atoms with van der Waals surface area (Å²) in [5, 5.41) is 12.5. The largest absolute Gasteiger partial charge is 0.374 e. The van der Waals surface area contributed by atoms with Crippen LogP contribution in [0.2, 0.25) is 0 Å². The summed E-state index contributed by atoms with van der Waals surface area (Å²) in [6.07, 6.45) is 1.43. The zero-order chi connectivity index (χ0) is 8.55. The first-order valence-electron chi connectivity index (χ1n) is 4.30. The number of para-hydroxylation sites is 1. The van der Waals surface area contributed by atoms with Crippen LogP contribution in [0.3, 0.4) is 0 Å². The zero-order valence-corrected chi connectivity index (χ0v) is 7.17. The van der Waals surface area contributed by atoms with Gasteiger partial charge in [0.05, 0.1) is 0 Å². The van der Waals surface area contributed by atoms with Crippen LogP contribution in [-0.4, -0.2) is 11.3 Å². The Morgan fingerprint density at radius 3 is 3.17 bits per heavy atom. The summed E-state index contributed by atoms with van der Waals surface area (Å²) in [6.45, 7) is 2.06. The van der Waals surface area contributed by atoms with Crippen LogP contribution in [-0.2, 0) is 6.42 Å². The van der Waals surface area contributed by atoms with Crippen molar-refractivity contribution in [2.45, 2.75) is 26.0 Å². The van der Waals surface area contributed by atoms with E-state index < -0.39 is 0 Å². The molecule has 0 aliphatic carbocycles. The SMILES string of the molecule is Cc1cccc2c1NC(O)CC2. The molecule has 2 N–H and O–H groups in total. The summed E-state index contributed by atoms with van der Waals surface area (Å²) in [5.74, 6) is 0. The lowest BCUT2D eigenvalue weighted by Crippen LogP contribution is -2.25. The predicted molar refractivity (Wildman–Crippen MR) is 49.1 cm³/mol. The molecule has 0 saturated carbocycles. The van der Waals surface area contributed by atoms with Crippen molar-refractivity contribution in [2.24, 2.45) is 0 Å². The molecule has 1 aliphatic rings. The molecular weight excluding hydrogens is 150 g/mol. The Morgan fingerprint density at radius 2 is 2.33 bits per heavy atom. The number of aliphatic hydroxyl groups is 1. The minimum atomic E-state index is -0.362.